The second-order valence-electron chi connectivity index (χ2n) is 0.791. The third-order valence-electron chi connectivity index (χ3n) is 0.221. The molecule has 0 aliphatic heterocycles. The molecule has 0 aromatic heterocycles. The van der Waals surface area contributed by atoms with E-state index in [4.69, 9.17) is 9.79 Å². The molecule has 4 nitrogen and oxygen atoms in total. The molecule has 7 heavy (non-hydrogen) atoms. The fourth-order valence-electron chi connectivity index (χ4n) is 0.0687. The molecule has 0 heterocycles. The first-order valence-corrected chi connectivity index (χ1v) is 3.41. The summed E-state index contributed by atoms with van der Waals surface area (Å²) in [4.78, 5) is 15.8. The Balaban J connectivity index is 3.57. The fraction of sp³-hybridized carbons (Fsp3) is 0. The summed E-state index contributed by atoms with van der Waals surface area (Å²) in [7, 11) is -4.08. The molecule has 0 aliphatic carbocycles. The van der Waals surface area contributed by atoms with Gasteiger partial charge in [0.25, 0.3) is 0 Å². The molecule has 0 amide bonds. The van der Waals surface area contributed by atoms with Gasteiger partial charge in [-0.25, -0.2) is 4.57 Å². The molecule has 0 unspecified atom stereocenters. The van der Waals surface area contributed by atoms with Crippen LogP contribution in [0.3, 0.4) is 0 Å². The minimum atomic E-state index is -4.08. The molecule has 0 rings (SSSR count). The lowest BCUT2D eigenvalue weighted by atomic mass is 11.6. The van der Waals surface area contributed by atoms with E-state index in [-0.39, 0.29) is 0 Å². The second-order valence-corrected chi connectivity index (χ2v) is 2.37. The van der Waals surface area contributed by atoms with Gasteiger partial charge in [-0.2, -0.15) is 0 Å². The summed E-state index contributed by atoms with van der Waals surface area (Å²) in [5, 5.41) is 1.64. The zero-order valence-corrected chi connectivity index (χ0v) is 4.95. The van der Waals surface area contributed by atoms with E-state index in [2.05, 4.69) is 12.2 Å². The summed E-state index contributed by atoms with van der Waals surface area (Å²) >= 11 is 4.07. The Bertz CT molecular complexity index is 108. The molecular formula is CH4NO3PS. The summed E-state index contributed by atoms with van der Waals surface area (Å²) in [6.45, 7) is 0. The van der Waals surface area contributed by atoms with Gasteiger partial charge < -0.3 is 9.79 Å². The fourth-order valence-corrected chi connectivity index (χ4v) is 0.618. The van der Waals surface area contributed by atoms with E-state index in [1.165, 1.54) is 0 Å². The first-order valence-electron chi connectivity index (χ1n) is 1.33. The third-order valence-corrected chi connectivity index (χ3v) is 0.979. The van der Waals surface area contributed by atoms with Crippen LogP contribution in [-0.2, 0) is 4.57 Å². The van der Waals surface area contributed by atoms with Crippen LogP contribution in [0.25, 0.3) is 0 Å². The van der Waals surface area contributed by atoms with Crippen LogP contribution >= 0.6 is 20.0 Å². The lowest BCUT2D eigenvalue weighted by molar-refractivity contribution is 0.368. The van der Waals surface area contributed by atoms with Crippen LogP contribution in [0.2, 0.25) is 0 Å². The second kappa shape index (κ2) is 2.37. The smallest absolute Gasteiger partial charge is 0.308 e. The summed E-state index contributed by atoms with van der Waals surface area (Å²) < 4.78 is 9.72. The highest BCUT2D eigenvalue weighted by molar-refractivity contribution is 7.79. The highest BCUT2D eigenvalue weighted by Gasteiger charge is 2.06. The van der Waals surface area contributed by atoms with Crippen LogP contribution in [0.4, 0.5) is 0 Å². The van der Waals surface area contributed by atoms with Crippen molar-refractivity contribution in [2.24, 2.45) is 0 Å². The summed E-state index contributed by atoms with van der Waals surface area (Å²) in [6, 6.07) is 0. The van der Waals surface area contributed by atoms with Crippen molar-refractivity contribution >= 4 is 25.5 Å². The molecule has 0 saturated heterocycles. The summed E-state index contributed by atoms with van der Waals surface area (Å²) in [5.74, 6) is 0. The molecule has 0 bridgehead atoms. The number of thiocarbonyl (C=S) groups is 1. The molecule has 0 aromatic carbocycles. The molecule has 3 N–H and O–H groups in total. The van der Waals surface area contributed by atoms with Gasteiger partial charge in [-0.15, -0.1) is 0 Å². The van der Waals surface area contributed by atoms with Gasteiger partial charge in [0.1, 0.15) is 0 Å². The van der Waals surface area contributed by atoms with Gasteiger partial charge in [0.15, 0.2) is 0 Å². The van der Waals surface area contributed by atoms with E-state index in [0.717, 1.165) is 5.49 Å². The number of rotatable bonds is 2. The molecular weight excluding hydrogens is 137 g/mol. The van der Waals surface area contributed by atoms with Crippen molar-refractivity contribution in [3.63, 3.8) is 0 Å². The normalized spacial score (nSPS) is 10.6. The monoisotopic (exact) mass is 141 g/mol. The van der Waals surface area contributed by atoms with Crippen LogP contribution in [0.1, 0.15) is 0 Å². The van der Waals surface area contributed by atoms with E-state index < -0.39 is 7.75 Å². The number of hydrogen-bond acceptors (Lipinski definition) is 2. The van der Waals surface area contributed by atoms with E-state index >= 15 is 0 Å². The third kappa shape index (κ3) is 6.04. The molecule has 6 heteroatoms. The van der Waals surface area contributed by atoms with Gasteiger partial charge in [-0.1, -0.05) is 12.2 Å². The SMILES string of the molecule is O=P(O)(O)NC=S. The molecule has 0 radical (unpaired) electrons. The Morgan fingerprint density at radius 1 is 1.71 bits per heavy atom. The van der Waals surface area contributed by atoms with E-state index in [9.17, 15) is 4.57 Å². The largest absolute Gasteiger partial charge is 0.427 e. The first-order chi connectivity index (χ1) is 3.06. The minimum absolute atomic E-state index is 0.779. The van der Waals surface area contributed by atoms with Crippen LogP contribution in [-0.4, -0.2) is 15.3 Å². The van der Waals surface area contributed by atoms with Crippen molar-refractivity contribution in [1.29, 1.82) is 0 Å². The van der Waals surface area contributed by atoms with E-state index in [1.807, 2.05) is 0 Å². The van der Waals surface area contributed by atoms with Crippen molar-refractivity contribution in [3.05, 3.63) is 0 Å². The first kappa shape index (κ1) is 7.04. The molecule has 0 aromatic rings. The quantitative estimate of drug-likeness (QED) is 0.361. The molecule has 0 aliphatic rings. The van der Waals surface area contributed by atoms with Crippen molar-refractivity contribution in [2.45, 2.75) is 0 Å². The molecule has 0 fully saturated rings. The van der Waals surface area contributed by atoms with Crippen molar-refractivity contribution in [2.75, 3.05) is 0 Å². The van der Waals surface area contributed by atoms with Gasteiger partial charge >= 0.3 is 7.75 Å². The topological polar surface area (TPSA) is 69.6 Å². The van der Waals surface area contributed by atoms with Gasteiger partial charge in [0.2, 0.25) is 0 Å². The van der Waals surface area contributed by atoms with Crippen LogP contribution < -0.4 is 5.09 Å². The average molecular weight is 141 g/mol. The van der Waals surface area contributed by atoms with Gasteiger partial charge in [0, 0.05) is 0 Å². The van der Waals surface area contributed by atoms with Crippen molar-refractivity contribution in [3.8, 4) is 0 Å². The van der Waals surface area contributed by atoms with Crippen molar-refractivity contribution in [1.82, 2.24) is 5.09 Å². The molecule has 0 saturated carbocycles. The Labute approximate surface area is 45.8 Å². The minimum Gasteiger partial charge on any atom is -0.308 e. The number of hydrogen-bond donors (Lipinski definition) is 3. The zero-order valence-electron chi connectivity index (χ0n) is 3.24. The lowest BCUT2D eigenvalue weighted by Gasteiger charge is -1.96. The van der Waals surface area contributed by atoms with Crippen LogP contribution in [0.5, 0.6) is 0 Å². The summed E-state index contributed by atoms with van der Waals surface area (Å²) in [5.41, 5.74) is 0.779. The van der Waals surface area contributed by atoms with Gasteiger partial charge in [-0.05, 0) is 0 Å². The lowest BCUT2D eigenvalue weighted by Crippen LogP contribution is -2.03. The maximum atomic E-state index is 9.72. The predicted octanol–water partition coefficient (Wildman–Crippen LogP) is -0.374. The standard InChI is InChI=1S/CH4NO3PS/c3-6(4,5)2-1-7/h1H,(H3,2,3,4,5,7). The molecule has 42 valence electrons. The molecule has 0 atom stereocenters. The maximum Gasteiger partial charge on any atom is 0.427 e. The van der Waals surface area contributed by atoms with Gasteiger partial charge in [0.05, 0.1) is 5.49 Å². The van der Waals surface area contributed by atoms with E-state index in [0.29, 0.717) is 0 Å². The number of nitrogens with one attached hydrogen (secondary N) is 1. The van der Waals surface area contributed by atoms with Crippen LogP contribution in [0.15, 0.2) is 0 Å². The predicted molar refractivity (Wildman–Crippen MR) is 28.8 cm³/mol. The Hall–Kier alpha value is 0.0400. The van der Waals surface area contributed by atoms with Crippen LogP contribution in [0, 0.1) is 0 Å². The Morgan fingerprint density at radius 2 is 2.14 bits per heavy atom. The highest BCUT2D eigenvalue weighted by atomic mass is 32.1. The average Bonchev–Trinajstić information content (AvgIpc) is 1.30. The Kier molecular flexibility index (Phi) is 2.39. The highest BCUT2D eigenvalue weighted by Crippen LogP contribution is 2.26. The van der Waals surface area contributed by atoms with E-state index in [1.54, 1.807) is 5.09 Å². The zero-order chi connectivity index (χ0) is 5.91. The molecule has 0 spiro atoms. The maximum absolute atomic E-state index is 9.72. The summed E-state index contributed by atoms with van der Waals surface area (Å²) in [6.07, 6.45) is 0. The van der Waals surface area contributed by atoms with Gasteiger partial charge in [-0.3, -0.25) is 5.09 Å². The van der Waals surface area contributed by atoms with Crippen molar-refractivity contribution < 1.29 is 14.4 Å². The Morgan fingerprint density at radius 3 is 2.14 bits per heavy atom.